The van der Waals surface area contributed by atoms with Crippen molar-refractivity contribution in [1.29, 1.82) is 0 Å². The first-order valence-electron chi connectivity index (χ1n) is 7.86. The smallest absolute Gasteiger partial charge is 0.330 e. The van der Waals surface area contributed by atoms with E-state index >= 15 is 0 Å². The zero-order valence-corrected chi connectivity index (χ0v) is 12.9. The Kier molecular flexibility index (Phi) is 9.01. The van der Waals surface area contributed by atoms with Crippen molar-refractivity contribution in [3.05, 3.63) is 35.9 Å². The second-order valence-electron chi connectivity index (χ2n) is 5.21. The summed E-state index contributed by atoms with van der Waals surface area (Å²) in [5.41, 5.74) is 0.862. The number of hydrogen-bond acceptors (Lipinski definition) is 3. The van der Waals surface area contributed by atoms with Gasteiger partial charge in [-0.25, -0.2) is 4.79 Å². The lowest BCUT2D eigenvalue weighted by Crippen LogP contribution is -2.02. The predicted octanol–water partition coefficient (Wildman–Crippen LogP) is 4.70. The zero-order chi connectivity index (χ0) is 15.3. The summed E-state index contributed by atoms with van der Waals surface area (Å²) in [6, 6.07) is 6.66. The first-order chi connectivity index (χ1) is 10.2. The van der Waals surface area contributed by atoms with Crippen LogP contribution >= 0.6 is 0 Å². The SMILES string of the molecule is CCCCCCCCCOC(=O)/C=C/c1ccc(O)cc1. The molecule has 0 saturated carbocycles. The monoisotopic (exact) mass is 290 g/mol. The Morgan fingerprint density at radius 2 is 1.67 bits per heavy atom. The topological polar surface area (TPSA) is 46.5 Å². The lowest BCUT2D eigenvalue weighted by atomic mass is 10.1. The van der Waals surface area contributed by atoms with E-state index in [1.165, 1.54) is 38.2 Å². The fraction of sp³-hybridized carbons (Fsp3) is 0.500. The van der Waals surface area contributed by atoms with Crippen molar-refractivity contribution in [3.8, 4) is 5.75 Å². The molecule has 0 atom stereocenters. The highest BCUT2D eigenvalue weighted by atomic mass is 16.5. The molecule has 0 saturated heterocycles. The summed E-state index contributed by atoms with van der Waals surface area (Å²) >= 11 is 0. The maximum atomic E-state index is 11.5. The average Bonchev–Trinajstić information content (AvgIpc) is 2.49. The van der Waals surface area contributed by atoms with Crippen molar-refractivity contribution >= 4 is 12.0 Å². The van der Waals surface area contributed by atoms with Gasteiger partial charge in [0, 0.05) is 6.08 Å². The lowest BCUT2D eigenvalue weighted by molar-refractivity contribution is -0.137. The van der Waals surface area contributed by atoms with Crippen LogP contribution in [-0.2, 0) is 9.53 Å². The molecule has 0 unspecified atom stereocenters. The van der Waals surface area contributed by atoms with Crippen molar-refractivity contribution in [2.45, 2.75) is 51.9 Å². The molecule has 0 fully saturated rings. The van der Waals surface area contributed by atoms with Crippen molar-refractivity contribution < 1.29 is 14.6 Å². The summed E-state index contributed by atoms with van der Waals surface area (Å²) < 4.78 is 5.14. The van der Waals surface area contributed by atoms with E-state index in [1.54, 1.807) is 30.3 Å². The molecular formula is C18H26O3. The zero-order valence-electron chi connectivity index (χ0n) is 12.9. The maximum absolute atomic E-state index is 11.5. The number of hydrogen-bond donors (Lipinski definition) is 1. The molecule has 21 heavy (non-hydrogen) atoms. The number of rotatable bonds is 10. The van der Waals surface area contributed by atoms with Crippen LogP contribution in [0.5, 0.6) is 5.75 Å². The molecule has 1 aromatic carbocycles. The van der Waals surface area contributed by atoms with Crippen LogP contribution in [0.2, 0.25) is 0 Å². The Labute approximate surface area is 127 Å². The van der Waals surface area contributed by atoms with Crippen LogP contribution in [0, 0.1) is 0 Å². The predicted molar refractivity (Wildman–Crippen MR) is 86.1 cm³/mol. The normalized spacial score (nSPS) is 10.9. The van der Waals surface area contributed by atoms with Gasteiger partial charge in [-0.3, -0.25) is 0 Å². The molecule has 0 heterocycles. The van der Waals surface area contributed by atoms with Crippen molar-refractivity contribution in [2.75, 3.05) is 6.61 Å². The molecule has 0 aliphatic heterocycles. The Morgan fingerprint density at radius 3 is 2.33 bits per heavy atom. The van der Waals surface area contributed by atoms with E-state index in [0.29, 0.717) is 6.61 Å². The Hall–Kier alpha value is -1.77. The molecule has 0 amide bonds. The highest BCUT2D eigenvalue weighted by molar-refractivity contribution is 5.87. The van der Waals surface area contributed by atoms with Crippen molar-refractivity contribution in [2.24, 2.45) is 0 Å². The molecule has 1 aromatic rings. The van der Waals surface area contributed by atoms with E-state index in [4.69, 9.17) is 9.84 Å². The van der Waals surface area contributed by atoms with E-state index in [-0.39, 0.29) is 11.7 Å². The Balaban J connectivity index is 2.07. The average molecular weight is 290 g/mol. The third-order valence-electron chi connectivity index (χ3n) is 3.30. The first-order valence-corrected chi connectivity index (χ1v) is 7.86. The van der Waals surface area contributed by atoms with Crippen LogP contribution in [0.4, 0.5) is 0 Å². The van der Waals surface area contributed by atoms with Gasteiger partial charge < -0.3 is 9.84 Å². The molecule has 0 aliphatic rings. The summed E-state index contributed by atoms with van der Waals surface area (Å²) in [6.45, 7) is 2.71. The number of phenols is 1. The molecule has 3 nitrogen and oxygen atoms in total. The molecule has 0 aromatic heterocycles. The molecule has 1 rings (SSSR count). The van der Waals surface area contributed by atoms with E-state index in [2.05, 4.69) is 6.92 Å². The van der Waals surface area contributed by atoms with Crippen LogP contribution in [0.15, 0.2) is 30.3 Å². The van der Waals surface area contributed by atoms with E-state index in [1.807, 2.05) is 0 Å². The van der Waals surface area contributed by atoms with Gasteiger partial charge in [-0.1, -0.05) is 57.6 Å². The number of phenolic OH excluding ortho intramolecular Hbond substituents is 1. The summed E-state index contributed by atoms with van der Waals surface area (Å²) in [5.74, 6) is -0.0947. The Bertz CT molecular complexity index is 421. The van der Waals surface area contributed by atoms with Gasteiger partial charge in [0.15, 0.2) is 0 Å². The van der Waals surface area contributed by atoms with Crippen molar-refractivity contribution in [1.82, 2.24) is 0 Å². The number of carbonyl (C=O) groups is 1. The van der Waals surface area contributed by atoms with Crippen molar-refractivity contribution in [3.63, 3.8) is 0 Å². The highest BCUT2D eigenvalue weighted by Crippen LogP contribution is 2.11. The van der Waals surface area contributed by atoms with Gasteiger partial charge in [-0.05, 0) is 30.2 Å². The quantitative estimate of drug-likeness (QED) is 0.386. The standard InChI is InChI=1S/C18H26O3/c1-2-3-4-5-6-7-8-15-21-18(20)14-11-16-9-12-17(19)13-10-16/h9-14,19H,2-8,15H2,1H3/b14-11+. The minimum absolute atomic E-state index is 0.216. The third-order valence-corrected chi connectivity index (χ3v) is 3.30. The molecule has 1 N–H and O–H groups in total. The lowest BCUT2D eigenvalue weighted by Gasteiger charge is -2.02. The minimum atomic E-state index is -0.311. The molecule has 0 aliphatic carbocycles. The molecule has 3 heteroatoms. The van der Waals surface area contributed by atoms with Gasteiger partial charge in [-0.2, -0.15) is 0 Å². The maximum Gasteiger partial charge on any atom is 0.330 e. The van der Waals surface area contributed by atoms with Gasteiger partial charge in [0.2, 0.25) is 0 Å². The summed E-state index contributed by atoms with van der Waals surface area (Å²) in [4.78, 5) is 11.5. The van der Waals surface area contributed by atoms with E-state index in [0.717, 1.165) is 18.4 Å². The molecule has 0 spiro atoms. The van der Waals surface area contributed by atoms with Crippen LogP contribution in [-0.4, -0.2) is 17.7 Å². The molecule has 116 valence electrons. The number of unbranched alkanes of at least 4 members (excludes halogenated alkanes) is 6. The Morgan fingerprint density at radius 1 is 1.05 bits per heavy atom. The van der Waals surface area contributed by atoms with Gasteiger partial charge in [-0.15, -0.1) is 0 Å². The highest BCUT2D eigenvalue weighted by Gasteiger charge is 1.97. The summed E-state index contributed by atoms with van der Waals surface area (Å²) in [5, 5.41) is 9.15. The van der Waals surface area contributed by atoms with Crippen LogP contribution in [0.3, 0.4) is 0 Å². The summed E-state index contributed by atoms with van der Waals surface area (Å²) in [6.07, 6.45) is 11.6. The van der Waals surface area contributed by atoms with Crippen LogP contribution in [0.1, 0.15) is 57.4 Å². The van der Waals surface area contributed by atoms with Crippen LogP contribution < -0.4 is 0 Å². The first kappa shape index (κ1) is 17.3. The third kappa shape index (κ3) is 8.90. The summed E-state index contributed by atoms with van der Waals surface area (Å²) in [7, 11) is 0. The number of esters is 1. The number of carbonyl (C=O) groups excluding carboxylic acids is 1. The largest absolute Gasteiger partial charge is 0.508 e. The van der Waals surface area contributed by atoms with E-state index in [9.17, 15) is 4.79 Å². The van der Waals surface area contributed by atoms with Gasteiger partial charge in [0.05, 0.1) is 6.61 Å². The van der Waals surface area contributed by atoms with Gasteiger partial charge in [0.25, 0.3) is 0 Å². The minimum Gasteiger partial charge on any atom is -0.508 e. The number of benzene rings is 1. The number of ether oxygens (including phenoxy) is 1. The fourth-order valence-electron chi connectivity index (χ4n) is 2.03. The molecule has 0 bridgehead atoms. The van der Waals surface area contributed by atoms with Gasteiger partial charge >= 0.3 is 5.97 Å². The molecule has 0 radical (unpaired) electrons. The van der Waals surface area contributed by atoms with Gasteiger partial charge in [0.1, 0.15) is 5.75 Å². The second-order valence-corrected chi connectivity index (χ2v) is 5.21. The number of aromatic hydroxyl groups is 1. The molecular weight excluding hydrogens is 264 g/mol. The fourth-order valence-corrected chi connectivity index (χ4v) is 2.03. The van der Waals surface area contributed by atoms with Crippen LogP contribution in [0.25, 0.3) is 6.08 Å². The second kappa shape index (κ2) is 11.0. The van der Waals surface area contributed by atoms with E-state index < -0.39 is 0 Å².